The van der Waals surface area contributed by atoms with Crippen molar-refractivity contribution in [3.63, 3.8) is 0 Å². The molecule has 0 aliphatic heterocycles. The van der Waals surface area contributed by atoms with E-state index in [0.29, 0.717) is 22.9 Å². The molecule has 0 heterocycles. The maximum atomic E-state index is 12.2. The number of ether oxygens (including phenoxy) is 1. The zero-order valence-electron chi connectivity index (χ0n) is 12.9. The van der Waals surface area contributed by atoms with Crippen LogP contribution in [-0.4, -0.2) is 27.1 Å². The first-order chi connectivity index (χ1) is 10.5. The Morgan fingerprint density at radius 3 is 2.64 bits per heavy atom. The zero-order chi connectivity index (χ0) is 16.1. The number of nitrogens with one attached hydrogen (secondary N) is 1. The summed E-state index contributed by atoms with van der Waals surface area (Å²) in [5, 5.41) is 3.45. The summed E-state index contributed by atoms with van der Waals surface area (Å²) in [5.41, 5.74) is 2.45. The van der Waals surface area contributed by atoms with Gasteiger partial charge in [-0.15, -0.1) is 0 Å². The lowest BCUT2D eigenvalue weighted by Gasteiger charge is -2.13. The van der Waals surface area contributed by atoms with Crippen molar-refractivity contribution in [3.05, 3.63) is 58.6 Å². The number of halogens is 1. The molecule has 0 atom stereocenters. The molecule has 0 fully saturated rings. The van der Waals surface area contributed by atoms with E-state index in [-0.39, 0.29) is 5.91 Å². The van der Waals surface area contributed by atoms with Crippen molar-refractivity contribution in [2.45, 2.75) is 6.54 Å². The maximum Gasteiger partial charge on any atom is 0.251 e. The number of carbonyl (C=O) groups excluding carboxylic acids is 1. The summed E-state index contributed by atoms with van der Waals surface area (Å²) in [6, 6.07) is 12.9. The number of amides is 1. The monoisotopic (exact) mass is 318 g/mol. The fraction of sp³-hybridized carbons (Fsp3) is 0.235. The number of carbonyl (C=O) groups is 1. The van der Waals surface area contributed by atoms with Gasteiger partial charge in [0.15, 0.2) is 0 Å². The van der Waals surface area contributed by atoms with Crippen molar-refractivity contribution in [1.82, 2.24) is 5.32 Å². The minimum atomic E-state index is -0.129. The van der Waals surface area contributed by atoms with Crippen LogP contribution in [0.25, 0.3) is 0 Å². The molecule has 0 bridgehead atoms. The van der Waals surface area contributed by atoms with E-state index in [1.165, 1.54) is 0 Å². The highest BCUT2D eigenvalue weighted by molar-refractivity contribution is 6.31. The van der Waals surface area contributed by atoms with Crippen LogP contribution in [0.3, 0.4) is 0 Å². The first-order valence-electron chi connectivity index (χ1n) is 6.89. The molecule has 0 aliphatic rings. The molecule has 2 aromatic rings. The Labute approximate surface area is 135 Å². The summed E-state index contributed by atoms with van der Waals surface area (Å²) >= 11 is 6.17. The van der Waals surface area contributed by atoms with Crippen molar-refractivity contribution < 1.29 is 9.53 Å². The number of benzene rings is 2. The number of nitrogens with zero attached hydrogens (tertiary/aromatic N) is 1. The smallest absolute Gasteiger partial charge is 0.251 e. The summed E-state index contributed by atoms with van der Waals surface area (Å²) in [7, 11) is 5.47. The molecule has 22 heavy (non-hydrogen) atoms. The van der Waals surface area contributed by atoms with Gasteiger partial charge in [0.05, 0.1) is 7.11 Å². The molecule has 0 spiro atoms. The Bertz CT molecular complexity index is 671. The second-order valence-electron chi connectivity index (χ2n) is 5.08. The van der Waals surface area contributed by atoms with E-state index in [2.05, 4.69) is 5.32 Å². The average molecular weight is 319 g/mol. The minimum Gasteiger partial charge on any atom is -0.497 e. The Morgan fingerprint density at radius 2 is 2.00 bits per heavy atom. The lowest BCUT2D eigenvalue weighted by molar-refractivity contribution is 0.0951. The highest BCUT2D eigenvalue weighted by Gasteiger charge is 2.08. The van der Waals surface area contributed by atoms with Crippen molar-refractivity contribution >= 4 is 23.2 Å². The van der Waals surface area contributed by atoms with Crippen molar-refractivity contribution in [2.24, 2.45) is 0 Å². The molecule has 0 aliphatic carbocycles. The molecular weight excluding hydrogens is 300 g/mol. The van der Waals surface area contributed by atoms with E-state index in [1.54, 1.807) is 19.2 Å². The van der Waals surface area contributed by atoms with Gasteiger partial charge in [-0.05, 0) is 35.9 Å². The first-order valence-corrected chi connectivity index (χ1v) is 7.27. The van der Waals surface area contributed by atoms with Gasteiger partial charge >= 0.3 is 0 Å². The molecule has 0 saturated heterocycles. The molecular formula is C17H19ClN2O2. The van der Waals surface area contributed by atoms with Crippen LogP contribution < -0.4 is 15.0 Å². The molecule has 4 nitrogen and oxygen atoms in total. The Balaban J connectivity index is 2.05. The van der Waals surface area contributed by atoms with Crippen LogP contribution in [0.1, 0.15) is 15.9 Å². The van der Waals surface area contributed by atoms with Crippen LogP contribution in [0.2, 0.25) is 5.02 Å². The van der Waals surface area contributed by atoms with Gasteiger partial charge in [-0.25, -0.2) is 0 Å². The summed E-state index contributed by atoms with van der Waals surface area (Å²) in [6.45, 7) is 0.369. The number of anilines is 1. The van der Waals surface area contributed by atoms with Gasteiger partial charge in [0, 0.05) is 36.9 Å². The molecule has 2 rings (SSSR count). The fourth-order valence-electron chi connectivity index (χ4n) is 2.00. The quantitative estimate of drug-likeness (QED) is 0.919. The molecule has 0 unspecified atom stereocenters. The summed E-state index contributed by atoms with van der Waals surface area (Å²) in [6.07, 6.45) is 0. The van der Waals surface area contributed by atoms with Gasteiger partial charge in [0.25, 0.3) is 5.91 Å². The number of methoxy groups -OCH3 is 1. The second-order valence-corrected chi connectivity index (χ2v) is 5.49. The van der Waals surface area contributed by atoms with E-state index in [9.17, 15) is 4.79 Å². The predicted octanol–water partition coefficient (Wildman–Crippen LogP) is 3.34. The molecule has 116 valence electrons. The normalized spacial score (nSPS) is 10.2. The van der Waals surface area contributed by atoms with Gasteiger partial charge in [0.2, 0.25) is 0 Å². The zero-order valence-corrected chi connectivity index (χ0v) is 13.6. The van der Waals surface area contributed by atoms with Crippen LogP contribution in [0, 0.1) is 0 Å². The molecule has 1 amide bonds. The molecule has 0 radical (unpaired) electrons. The van der Waals surface area contributed by atoms with Crippen LogP contribution in [-0.2, 0) is 6.54 Å². The van der Waals surface area contributed by atoms with Crippen molar-refractivity contribution in [2.75, 3.05) is 26.1 Å². The standard InChI is InChI=1S/C17H19ClN2O2/c1-20(2)14-6-4-5-12(9-14)17(21)19-11-13-7-8-15(22-3)10-16(13)18/h4-10H,11H2,1-3H3,(H,19,21). The predicted molar refractivity (Wildman–Crippen MR) is 89.9 cm³/mol. The summed E-state index contributed by atoms with van der Waals surface area (Å²) < 4.78 is 5.10. The largest absolute Gasteiger partial charge is 0.497 e. The van der Waals surface area contributed by atoms with E-state index in [4.69, 9.17) is 16.3 Å². The number of rotatable bonds is 5. The first kappa shape index (κ1) is 16.2. The van der Waals surface area contributed by atoms with Gasteiger partial charge in [-0.2, -0.15) is 0 Å². The SMILES string of the molecule is COc1ccc(CNC(=O)c2cccc(N(C)C)c2)c(Cl)c1. The van der Waals surface area contributed by atoms with Crippen LogP contribution in [0.15, 0.2) is 42.5 Å². The third kappa shape index (κ3) is 3.92. The molecule has 5 heteroatoms. The van der Waals surface area contributed by atoms with Gasteiger partial charge in [-0.3, -0.25) is 4.79 Å². The highest BCUT2D eigenvalue weighted by atomic mass is 35.5. The highest BCUT2D eigenvalue weighted by Crippen LogP contribution is 2.22. The molecule has 0 aromatic heterocycles. The Morgan fingerprint density at radius 1 is 1.23 bits per heavy atom. The van der Waals surface area contributed by atoms with Crippen LogP contribution >= 0.6 is 11.6 Å². The summed E-state index contributed by atoms with van der Waals surface area (Å²) in [5.74, 6) is 0.564. The third-order valence-electron chi connectivity index (χ3n) is 3.32. The molecule has 1 N–H and O–H groups in total. The average Bonchev–Trinajstić information content (AvgIpc) is 2.53. The Kier molecular flexibility index (Phi) is 5.28. The van der Waals surface area contributed by atoms with Gasteiger partial charge < -0.3 is 15.0 Å². The van der Waals surface area contributed by atoms with Crippen molar-refractivity contribution in [3.8, 4) is 5.75 Å². The third-order valence-corrected chi connectivity index (χ3v) is 3.68. The molecule has 2 aromatic carbocycles. The maximum absolute atomic E-state index is 12.2. The fourth-order valence-corrected chi connectivity index (χ4v) is 2.24. The van der Waals surface area contributed by atoms with Gasteiger partial charge in [0.1, 0.15) is 5.75 Å². The van der Waals surface area contributed by atoms with E-state index >= 15 is 0 Å². The van der Waals surface area contributed by atoms with Crippen molar-refractivity contribution in [1.29, 1.82) is 0 Å². The Hall–Kier alpha value is -2.20. The van der Waals surface area contributed by atoms with E-state index in [0.717, 1.165) is 11.3 Å². The van der Waals surface area contributed by atoms with E-state index < -0.39 is 0 Å². The van der Waals surface area contributed by atoms with Gasteiger partial charge in [-0.1, -0.05) is 23.7 Å². The number of hydrogen-bond donors (Lipinski definition) is 1. The lowest BCUT2D eigenvalue weighted by atomic mass is 10.1. The second kappa shape index (κ2) is 7.18. The lowest BCUT2D eigenvalue weighted by Crippen LogP contribution is -2.23. The summed E-state index contributed by atoms with van der Waals surface area (Å²) in [4.78, 5) is 14.2. The van der Waals surface area contributed by atoms with Crippen LogP contribution in [0.4, 0.5) is 5.69 Å². The topological polar surface area (TPSA) is 41.6 Å². The number of hydrogen-bond acceptors (Lipinski definition) is 3. The van der Waals surface area contributed by atoms with E-state index in [1.807, 2.05) is 49.3 Å². The van der Waals surface area contributed by atoms with Crippen LogP contribution in [0.5, 0.6) is 5.75 Å². The minimum absolute atomic E-state index is 0.129. The molecule has 0 saturated carbocycles.